The molecule has 18 heavy (non-hydrogen) atoms. The minimum Gasteiger partial charge on any atom is -0.383 e. The van der Waals surface area contributed by atoms with Gasteiger partial charge in [-0.05, 0) is 44.4 Å². The van der Waals surface area contributed by atoms with Gasteiger partial charge in [-0.1, -0.05) is 13.8 Å². The van der Waals surface area contributed by atoms with Gasteiger partial charge in [0.1, 0.15) is 0 Å². The lowest BCUT2D eigenvalue weighted by Crippen LogP contribution is -2.48. The smallest absolute Gasteiger partial charge is 0.0589 e. The molecule has 0 aromatic rings. The van der Waals surface area contributed by atoms with Crippen LogP contribution in [0.25, 0.3) is 0 Å². The summed E-state index contributed by atoms with van der Waals surface area (Å²) in [6.07, 6.45) is 2.51. The molecule has 1 saturated carbocycles. The van der Waals surface area contributed by atoms with E-state index in [9.17, 15) is 0 Å². The maximum absolute atomic E-state index is 6.38. The van der Waals surface area contributed by atoms with Crippen LogP contribution in [0.4, 0.5) is 0 Å². The highest BCUT2D eigenvalue weighted by Gasteiger charge is 2.33. The van der Waals surface area contributed by atoms with E-state index in [4.69, 9.17) is 10.5 Å². The molecule has 0 heterocycles. The zero-order valence-electron chi connectivity index (χ0n) is 12.9. The molecule has 0 radical (unpaired) electrons. The van der Waals surface area contributed by atoms with Gasteiger partial charge in [-0.15, -0.1) is 0 Å². The van der Waals surface area contributed by atoms with E-state index in [2.05, 4.69) is 32.6 Å². The van der Waals surface area contributed by atoms with Crippen molar-refractivity contribution >= 4 is 0 Å². The van der Waals surface area contributed by atoms with Gasteiger partial charge in [-0.2, -0.15) is 0 Å². The maximum atomic E-state index is 6.38. The van der Waals surface area contributed by atoms with Crippen molar-refractivity contribution in [2.45, 2.75) is 52.6 Å². The highest BCUT2D eigenvalue weighted by atomic mass is 16.5. The van der Waals surface area contributed by atoms with Crippen LogP contribution >= 0.6 is 0 Å². The second-order valence-electron chi connectivity index (χ2n) is 6.46. The van der Waals surface area contributed by atoms with Crippen LogP contribution in [-0.4, -0.2) is 43.8 Å². The summed E-state index contributed by atoms with van der Waals surface area (Å²) < 4.78 is 5.21. The Morgan fingerprint density at radius 3 is 2.44 bits per heavy atom. The molecule has 0 saturated heterocycles. The molecule has 4 unspecified atom stereocenters. The highest BCUT2D eigenvalue weighted by molar-refractivity contribution is 4.87. The van der Waals surface area contributed by atoms with Gasteiger partial charge in [0.15, 0.2) is 0 Å². The van der Waals surface area contributed by atoms with Gasteiger partial charge < -0.3 is 10.5 Å². The SMILES string of the molecule is COCCN(CC1C(C)CC(C)CC1N)C(C)C. The standard InChI is InChI=1S/C15H32N2O/c1-11(2)17(6-7-18-5)10-14-13(4)8-12(3)9-15(14)16/h11-15H,6-10,16H2,1-5H3. The average Bonchev–Trinajstić information content (AvgIpc) is 2.26. The van der Waals surface area contributed by atoms with Gasteiger partial charge >= 0.3 is 0 Å². The number of methoxy groups -OCH3 is 1. The van der Waals surface area contributed by atoms with E-state index in [1.807, 2.05) is 0 Å². The quantitative estimate of drug-likeness (QED) is 0.793. The minimum atomic E-state index is 0.368. The second kappa shape index (κ2) is 7.46. The first kappa shape index (κ1) is 15.9. The van der Waals surface area contributed by atoms with Crippen LogP contribution in [0.15, 0.2) is 0 Å². The van der Waals surface area contributed by atoms with E-state index >= 15 is 0 Å². The second-order valence-corrected chi connectivity index (χ2v) is 6.46. The van der Waals surface area contributed by atoms with Gasteiger partial charge in [-0.25, -0.2) is 0 Å². The van der Waals surface area contributed by atoms with Crippen molar-refractivity contribution in [2.24, 2.45) is 23.5 Å². The highest BCUT2D eigenvalue weighted by Crippen LogP contribution is 2.33. The van der Waals surface area contributed by atoms with E-state index < -0.39 is 0 Å². The van der Waals surface area contributed by atoms with Crippen molar-refractivity contribution < 1.29 is 4.74 Å². The fourth-order valence-corrected chi connectivity index (χ4v) is 3.32. The molecule has 108 valence electrons. The first-order valence-corrected chi connectivity index (χ1v) is 7.44. The number of hydrogen-bond acceptors (Lipinski definition) is 3. The lowest BCUT2D eigenvalue weighted by atomic mass is 9.72. The van der Waals surface area contributed by atoms with Crippen molar-refractivity contribution in [3.63, 3.8) is 0 Å². The molecule has 1 aliphatic carbocycles. The predicted molar refractivity (Wildman–Crippen MR) is 77.6 cm³/mol. The van der Waals surface area contributed by atoms with Crippen LogP contribution in [0.5, 0.6) is 0 Å². The molecule has 1 aliphatic rings. The predicted octanol–water partition coefficient (Wildman–Crippen LogP) is 2.35. The Balaban J connectivity index is 2.56. The van der Waals surface area contributed by atoms with E-state index in [-0.39, 0.29) is 0 Å². The third kappa shape index (κ3) is 4.52. The average molecular weight is 256 g/mol. The normalized spacial score (nSPS) is 33.3. The Morgan fingerprint density at radius 2 is 1.94 bits per heavy atom. The molecule has 0 aromatic carbocycles. The Labute approximate surface area is 113 Å². The molecule has 3 heteroatoms. The van der Waals surface area contributed by atoms with Crippen LogP contribution in [0.1, 0.15) is 40.5 Å². The summed E-state index contributed by atoms with van der Waals surface area (Å²) >= 11 is 0. The summed E-state index contributed by atoms with van der Waals surface area (Å²) in [4.78, 5) is 2.51. The van der Waals surface area contributed by atoms with Crippen LogP contribution in [-0.2, 0) is 4.74 Å². The lowest BCUT2D eigenvalue weighted by Gasteiger charge is -2.41. The summed E-state index contributed by atoms with van der Waals surface area (Å²) in [5.41, 5.74) is 6.38. The number of nitrogens with two attached hydrogens (primary N) is 1. The van der Waals surface area contributed by atoms with Gasteiger partial charge in [-0.3, -0.25) is 4.90 Å². The van der Waals surface area contributed by atoms with Crippen LogP contribution in [0, 0.1) is 17.8 Å². The summed E-state index contributed by atoms with van der Waals surface area (Å²) in [7, 11) is 1.77. The van der Waals surface area contributed by atoms with E-state index in [1.54, 1.807) is 7.11 Å². The van der Waals surface area contributed by atoms with E-state index in [1.165, 1.54) is 12.8 Å². The number of hydrogen-bond donors (Lipinski definition) is 1. The minimum absolute atomic E-state index is 0.368. The van der Waals surface area contributed by atoms with Crippen LogP contribution in [0.3, 0.4) is 0 Å². The topological polar surface area (TPSA) is 38.5 Å². The van der Waals surface area contributed by atoms with Crippen molar-refractivity contribution in [1.29, 1.82) is 0 Å². The molecule has 0 aliphatic heterocycles. The first-order valence-electron chi connectivity index (χ1n) is 7.44. The fraction of sp³-hybridized carbons (Fsp3) is 1.00. The summed E-state index contributed by atoms with van der Waals surface area (Å²) in [6.45, 7) is 12.2. The molecule has 0 spiro atoms. The van der Waals surface area contributed by atoms with Gasteiger partial charge in [0, 0.05) is 32.3 Å². The third-order valence-electron chi connectivity index (χ3n) is 4.49. The van der Waals surface area contributed by atoms with Gasteiger partial charge in [0.2, 0.25) is 0 Å². The molecule has 2 N–H and O–H groups in total. The molecular formula is C15H32N2O. The number of nitrogens with zero attached hydrogens (tertiary/aromatic N) is 1. The Kier molecular flexibility index (Phi) is 6.61. The molecule has 0 amide bonds. The molecule has 0 aromatic heterocycles. The molecule has 3 nitrogen and oxygen atoms in total. The zero-order chi connectivity index (χ0) is 13.7. The molecule has 1 fully saturated rings. The van der Waals surface area contributed by atoms with Crippen molar-refractivity contribution in [3.05, 3.63) is 0 Å². The summed E-state index contributed by atoms with van der Waals surface area (Å²) in [6, 6.07) is 0.937. The molecular weight excluding hydrogens is 224 g/mol. The zero-order valence-corrected chi connectivity index (χ0v) is 12.9. The Hall–Kier alpha value is -0.120. The maximum Gasteiger partial charge on any atom is 0.0589 e. The van der Waals surface area contributed by atoms with Crippen LogP contribution in [0.2, 0.25) is 0 Å². The largest absolute Gasteiger partial charge is 0.383 e. The first-order chi connectivity index (χ1) is 8.45. The van der Waals surface area contributed by atoms with E-state index in [0.29, 0.717) is 18.0 Å². The summed E-state index contributed by atoms with van der Waals surface area (Å²) in [5, 5.41) is 0. The molecule has 4 atom stereocenters. The molecule has 1 rings (SSSR count). The monoisotopic (exact) mass is 256 g/mol. The summed E-state index contributed by atoms with van der Waals surface area (Å²) in [5.74, 6) is 2.17. The fourth-order valence-electron chi connectivity index (χ4n) is 3.32. The Bertz CT molecular complexity index is 221. The lowest BCUT2D eigenvalue weighted by molar-refractivity contribution is 0.0769. The van der Waals surface area contributed by atoms with Crippen molar-refractivity contribution in [2.75, 3.05) is 26.8 Å². The van der Waals surface area contributed by atoms with Crippen LogP contribution < -0.4 is 5.73 Å². The van der Waals surface area contributed by atoms with E-state index in [0.717, 1.165) is 31.5 Å². The van der Waals surface area contributed by atoms with Crippen molar-refractivity contribution in [3.8, 4) is 0 Å². The van der Waals surface area contributed by atoms with Crippen molar-refractivity contribution in [1.82, 2.24) is 4.90 Å². The third-order valence-corrected chi connectivity index (χ3v) is 4.49. The van der Waals surface area contributed by atoms with Gasteiger partial charge in [0.05, 0.1) is 6.61 Å². The Morgan fingerprint density at radius 1 is 1.28 bits per heavy atom. The molecule has 0 bridgehead atoms. The van der Waals surface area contributed by atoms with Gasteiger partial charge in [0.25, 0.3) is 0 Å². The number of rotatable bonds is 6. The number of ether oxygens (including phenoxy) is 1.